The standard InChI is InChI=1S/C6H12N2O4.C5H10N2O3.C4H9NO3.C2H5NO2/c1-3(7)5(10)12-6(11)4(8)2-9;6-3(5(9)10)1-2-4(7)8;1-2(6)3(5)4(7)8;3-1-2(4)5/h3-4,9H,2,7-8H2,1H3;3H,1-2,6H2,(H2,7,8)(H,9,10);2-3,6H,5H2,1H3,(H,7,8);1,3H2,(H,4,5)/t3-,4-;3-;2-,3+;/m001./s1. The van der Waals surface area contributed by atoms with Crippen LogP contribution in [0.4, 0.5) is 0 Å². The van der Waals surface area contributed by atoms with E-state index >= 15 is 0 Å². The third-order valence-electron chi connectivity index (χ3n) is 3.07. The minimum atomic E-state index is -1.19. The van der Waals surface area contributed by atoms with Crippen LogP contribution in [0.1, 0.15) is 26.7 Å². The van der Waals surface area contributed by atoms with Crippen LogP contribution in [0.2, 0.25) is 0 Å². The predicted molar refractivity (Wildman–Crippen MR) is 118 cm³/mol. The molecule has 0 saturated heterocycles. The summed E-state index contributed by atoms with van der Waals surface area (Å²) in [5.41, 5.74) is 29.4. The molecule has 0 aliphatic carbocycles. The molecule has 0 aromatic rings. The second-order valence-electron chi connectivity index (χ2n) is 6.47. The van der Waals surface area contributed by atoms with Crippen LogP contribution in [0.25, 0.3) is 0 Å². The molecule has 0 radical (unpaired) electrons. The van der Waals surface area contributed by atoms with Crippen LogP contribution in [-0.2, 0) is 33.5 Å². The number of carboxylic acid groups (broad SMARTS) is 3. The zero-order valence-corrected chi connectivity index (χ0v) is 19.3. The Hall–Kier alpha value is -3.26. The number of nitrogens with two attached hydrogens (primary N) is 6. The van der Waals surface area contributed by atoms with Crippen molar-refractivity contribution in [3.05, 3.63) is 0 Å². The SMILES string of the molecule is C[C@@H](O)[C@H](N)C(=O)O.C[C@H](N)C(=O)OC(=O)[C@@H](N)CO.NC(=O)CC[C@H](N)C(=O)O.NCC(=O)O. The number of esters is 2. The molecule has 0 saturated carbocycles. The Balaban J connectivity index is -0.000000191. The molecule has 0 unspecified atom stereocenters. The predicted octanol–water partition coefficient (Wildman–Crippen LogP) is -5.80. The number of aliphatic hydroxyl groups excluding tert-OH is 2. The molecule has 5 atom stereocenters. The van der Waals surface area contributed by atoms with E-state index in [9.17, 15) is 28.8 Å². The summed E-state index contributed by atoms with van der Waals surface area (Å²) in [5.74, 6) is -5.62. The summed E-state index contributed by atoms with van der Waals surface area (Å²) >= 11 is 0. The first kappa shape index (κ1) is 39.0. The van der Waals surface area contributed by atoms with Gasteiger partial charge in [0.25, 0.3) is 0 Å². The summed E-state index contributed by atoms with van der Waals surface area (Å²) in [4.78, 5) is 60.6. The molecular weight excluding hydrogens is 480 g/mol. The van der Waals surface area contributed by atoms with Crippen molar-refractivity contribution < 1.29 is 59.0 Å². The Labute approximate surface area is 200 Å². The number of primary amides is 1. The Morgan fingerprint density at radius 2 is 1.26 bits per heavy atom. The van der Waals surface area contributed by atoms with Gasteiger partial charge in [-0.25, -0.2) is 9.59 Å². The van der Waals surface area contributed by atoms with Crippen LogP contribution in [0.15, 0.2) is 0 Å². The van der Waals surface area contributed by atoms with E-state index < -0.39 is 72.6 Å². The van der Waals surface area contributed by atoms with E-state index in [1.165, 1.54) is 13.8 Å². The molecular formula is C17H36N6O12. The monoisotopic (exact) mass is 516 g/mol. The third-order valence-corrected chi connectivity index (χ3v) is 3.07. The fourth-order valence-corrected chi connectivity index (χ4v) is 0.970. The summed E-state index contributed by atoms with van der Waals surface area (Å²) in [7, 11) is 0. The molecule has 18 heteroatoms. The van der Waals surface area contributed by atoms with E-state index in [0.717, 1.165) is 0 Å². The number of carbonyl (C=O) groups excluding carboxylic acids is 3. The normalized spacial score (nSPS) is 13.7. The molecule has 0 aromatic heterocycles. The van der Waals surface area contributed by atoms with Crippen molar-refractivity contribution in [1.82, 2.24) is 0 Å². The van der Waals surface area contributed by atoms with Gasteiger partial charge in [-0.05, 0) is 20.3 Å². The maximum Gasteiger partial charge on any atom is 0.332 e. The van der Waals surface area contributed by atoms with Crippen molar-refractivity contribution in [2.45, 2.75) is 57.0 Å². The van der Waals surface area contributed by atoms with Crippen LogP contribution >= 0.6 is 0 Å². The second-order valence-corrected chi connectivity index (χ2v) is 6.47. The summed E-state index contributed by atoms with van der Waals surface area (Å²) in [6.07, 6.45) is -0.856. The molecule has 1 amide bonds. The van der Waals surface area contributed by atoms with Gasteiger partial charge in [0, 0.05) is 6.42 Å². The highest BCUT2D eigenvalue weighted by atomic mass is 16.6. The van der Waals surface area contributed by atoms with Gasteiger partial charge in [0.15, 0.2) is 0 Å². The lowest BCUT2D eigenvalue weighted by Crippen LogP contribution is -2.40. The largest absolute Gasteiger partial charge is 0.480 e. The van der Waals surface area contributed by atoms with Crippen molar-refractivity contribution in [2.75, 3.05) is 13.2 Å². The minimum absolute atomic E-state index is 0.0213. The molecule has 0 aliphatic rings. The van der Waals surface area contributed by atoms with Crippen molar-refractivity contribution in [2.24, 2.45) is 34.4 Å². The molecule has 0 spiro atoms. The van der Waals surface area contributed by atoms with E-state index in [1.807, 2.05) is 0 Å². The van der Waals surface area contributed by atoms with E-state index in [1.54, 1.807) is 0 Å². The average Bonchev–Trinajstić information content (AvgIpc) is 2.76. The van der Waals surface area contributed by atoms with Crippen LogP contribution in [-0.4, -0.2) is 105 Å². The van der Waals surface area contributed by atoms with Gasteiger partial charge in [-0.3, -0.25) is 19.2 Å². The molecule has 35 heavy (non-hydrogen) atoms. The van der Waals surface area contributed by atoms with Gasteiger partial charge in [0.1, 0.15) is 24.2 Å². The molecule has 17 N–H and O–H groups in total. The molecule has 0 rings (SSSR count). The van der Waals surface area contributed by atoms with E-state index in [2.05, 4.69) is 10.5 Å². The number of carboxylic acids is 3. The number of amides is 1. The number of ether oxygens (including phenoxy) is 1. The number of hydrogen-bond donors (Lipinski definition) is 11. The van der Waals surface area contributed by atoms with E-state index in [4.69, 9.17) is 54.2 Å². The zero-order valence-electron chi connectivity index (χ0n) is 19.3. The van der Waals surface area contributed by atoms with Gasteiger partial charge >= 0.3 is 29.8 Å². The molecule has 0 aromatic carbocycles. The van der Waals surface area contributed by atoms with Crippen LogP contribution in [0.5, 0.6) is 0 Å². The van der Waals surface area contributed by atoms with Gasteiger partial charge in [0.05, 0.1) is 19.3 Å². The number of aliphatic carboxylic acids is 3. The minimum Gasteiger partial charge on any atom is -0.480 e. The Morgan fingerprint density at radius 1 is 0.829 bits per heavy atom. The van der Waals surface area contributed by atoms with Gasteiger partial charge in [-0.1, -0.05) is 0 Å². The van der Waals surface area contributed by atoms with Crippen LogP contribution in [0.3, 0.4) is 0 Å². The number of aliphatic hydroxyl groups is 2. The Bertz CT molecular complexity index is 674. The van der Waals surface area contributed by atoms with Crippen molar-refractivity contribution in [3.63, 3.8) is 0 Å². The first-order valence-electron chi connectivity index (χ1n) is 9.57. The lowest BCUT2D eigenvalue weighted by Gasteiger charge is -2.08. The van der Waals surface area contributed by atoms with Crippen molar-refractivity contribution in [1.29, 1.82) is 0 Å². The van der Waals surface area contributed by atoms with Gasteiger partial charge in [-0.2, -0.15) is 0 Å². The third kappa shape index (κ3) is 28.7. The van der Waals surface area contributed by atoms with E-state index in [-0.39, 0.29) is 19.4 Å². The first-order chi connectivity index (χ1) is 15.8. The average molecular weight is 517 g/mol. The maximum atomic E-state index is 10.7. The highest BCUT2D eigenvalue weighted by molar-refractivity contribution is 5.90. The summed E-state index contributed by atoms with van der Waals surface area (Å²) in [5, 5.41) is 40.8. The lowest BCUT2D eigenvalue weighted by molar-refractivity contribution is -0.162. The van der Waals surface area contributed by atoms with Crippen LogP contribution in [0, 0.1) is 0 Å². The maximum absolute atomic E-state index is 10.7. The molecule has 0 bridgehead atoms. The highest BCUT2D eigenvalue weighted by Gasteiger charge is 2.19. The Morgan fingerprint density at radius 3 is 1.46 bits per heavy atom. The molecule has 0 fully saturated rings. The number of carbonyl (C=O) groups is 6. The zero-order chi connectivity index (χ0) is 28.9. The van der Waals surface area contributed by atoms with Crippen molar-refractivity contribution in [3.8, 4) is 0 Å². The first-order valence-corrected chi connectivity index (χ1v) is 9.57. The fourth-order valence-electron chi connectivity index (χ4n) is 0.970. The molecule has 18 nitrogen and oxygen atoms in total. The van der Waals surface area contributed by atoms with E-state index in [0.29, 0.717) is 0 Å². The fraction of sp³-hybridized carbons (Fsp3) is 0.647. The topological polar surface area (TPSA) is 369 Å². The lowest BCUT2D eigenvalue weighted by atomic mass is 10.2. The van der Waals surface area contributed by atoms with Gasteiger partial charge in [0.2, 0.25) is 5.91 Å². The van der Waals surface area contributed by atoms with Gasteiger partial charge in [-0.15, -0.1) is 0 Å². The summed E-state index contributed by atoms with van der Waals surface area (Å²) in [6, 6.07) is -4.20. The quantitative estimate of drug-likeness (QED) is 0.0950. The number of hydrogen-bond acceptors (Lipinski definition) is 14. The summed E-state index contributed by atoms with van der Waals surface area (Å²) in [6.45, 7) is 1.87. The molecule has 0 heterocycles. The highest BCUT2D eigenvalue weighted by Crippen LogP contribution is 1.92. The van der Waals surface area contributed by atoms with Gasteiger partial charge < -0.3 is 64.7 Å². The second kappa shape index (κ2) is 22.5. The Kier molecular flexibility index (Phi) is 25.1. The van der Waals surface area contributed by atoms with Crippen molar-refractivity contribution >= 4 is 35.8 Å². The smallest absolute Gasteiger partial charge is 0.332 e. The molecule has 206 valence electrons. The van der Waals surface area contributed by atoms with Crippen LogP contribution < -0.4 is 34.4 Å². The summed E-state index contributed by atoms with van der Waals surface area (Å²) < 4.78 is 4.18. The number of rotatable bonds is 10. The molecule has 0 aliphatic heterocycles.